The van der Waals surface area contributed by atoms with Gasteiger partial charge in [-0.1, -0.05) is 25.6 Å². The van der Waals surface area contributed by atoms with Crippen molar-refractivity contribution in [2.75, 3.05) is 0 Å². The normalized spacial score (nSPS) is 15.6. The van der Waals surface area contributed by atoms with Crippen LogP contribution >= 0.6 is 23.1 Å². The molecule has 1 aromatic heterocycles. The number of thiazole rings is 1. The molecule has 0 bridgehead atoms. The van der Waals surface area contributed by atoms with Crippen molar-refractivity contribution in [1.82, 2.24) is 10.3 Å². The Kier molecular flexibility index (Phi) is 5.39. The number of hydrogen-bond acceptors (Lipinski definition) is 5. The van der Waals surface area contributed by atoms with Crippen molar-refractivity contribution >= 4 is 29.0 Å². The third-order valence-corrected chi connectivity index (χ3v) is 5.20. The second-order valence-corrected chi connectivity index (χ2v) is 7.42. The molecule has 6 heteroatoms. The molecule has 0 unspecified atom stereocenters. The highest BCUT2D eigenvalue weighted by atomic mass is 32.2. The van der Waals surface area contributed by atoms with Gasteiger partial charge in [-0.25, -0.2) is 4.98 Å². The van der Waals surface area contributed by atoms with E-state index in [0.717, 1.165) is 10.0 Å². The number of thioether (sulfide) groups is 1. The van der Waals surface area contributed by atoms with Crippen molar-refractivity contribution in [2.45, 2.75) is 49.7 Å². The Morgan fingerprint density at radius 2 is 2.21 bits per heavy atom. The molecule has 4 nitrogen and oxygen atoms in total. The molecule has 104 valence electrons. The van der Waals surface area contributed by atoms with Crippen LogP contribution in [0.25, 0.3) is 0 Å². The van der Waals surface area contributed by atoms with E-state index in [0.29, 0.717) is 0 Å². The van der Waals surface area contributed by atoms with E-state index in [1.54, 1.807) is 6.92 Å². The zero-order chi connectivity index (χ0) is 14.6. The Balaban J connectivity index is 2.65. The number of nitrogens with one attached hydrogen (secondary N) is 1. The largest absolute Gasteiger partial charge is 0.337 e. The lowest BCUT2D eigenvalue weighted by molar-refractivity contribution is -0.121. The van der Waals surface area contributed by atoms with Crippen molar-refractivity contribution in [3.8, 4) is 6.07 Å². The van der Waals surface area contributed by atoms with Gasteiger partial charge in [0.2, 0.25) is 5.91 Å². The molecule has 0 radical (unpaired) electrons. The van der Waals surface area contributed by atoms with E-state index >= 15 is 0 Å². The smallest absolute Gasteiger partial charge is 0.234 e. The first kappa shape index (κ1) is 16.0. The number of carbonyl (C=O) groups is 1. The predicted molar refractivity (Wildman–Crippen MR) is 79.2 cm³/mol. The van der Waals surface area contributed by atoms with E-state index in [4.69, 9.17) is 0 Å². The van der Waals surface area contributed by atoms with Crippen LogP contribution in [0.5, 0.6) is 0 Å². The quantitative estimate of drug-likeness (QED) is 0.849. The van der Waals surface area contributed by atoms with E-state index < -0.39 is 5.54 Å². The fraction of sp³-hybridized carbons (Fsp3) is 0.615. The van der Waals surface area contributed by atoms with Crippen molar-refractivity contribution in [3.63, 3.8) is 0 Å². The van der Waals surface area contributed by atoms with Crippen LogP contribution in [0.1, 0.15) is 33.4 Å². The highest BCUT2D eigenvalue weighted by molar-refractivity contribution is 8.02. The lowest BCUT2D eigenvalue weighted by atomic mass is 9.90. The molecule has 0 fully saturated rings. The number of amides is 1. The van der Waals surface area contributed by atoms with Crippen molar-refractivity contribution in [2.24, 2.45) is 5.92 Å². The number of aryl methyl sites for hydroxylation is 1. The first-order valence-corrected chi connectivity index (χ1v) is 7.86. The van der Waals surface area contributed by atoms with Crippen LogP contribution < -0.4 is 5.32 Å². The third-order valence-electron chi connectivity index (χ3n) is 3.01. The van der Waals surface area contributed by atoms with Crippen LogP contribution in [0.15, 0.2) is 9.72 Å². The van der Waals surface area contributed by atoms with Crippen LogP contribution in [-0.2, 0) is 4.79 Å². The molecule has 0 aromatic carbocycles. The molecular formula is C13H19N3OS2. The summed E-state index contributed by atoms with van der Waals surface area (Å²) in [7, 11) is 0. The molecule has 0 aliphatic carbocycles. The fourth-order valence-corrected chi connectivity index (χ4v) is 3.24. The maximum atomic E-state index is 12.1. The van der Waals surface area contributed by atoms with Crippen LogP contribution in [-0.4, -0.2) is 21.7 Å². The highest BCUT2D eigenvalue weighted by Gasteiger charge is 2.31. The summed E-state index contributed by atoms with van der Waals surface area (Å²) in [6, 6.07) is 2.18. The van der Waals surface area contributed by atoms with E-state index in [9.17, 15) is 10.1 Å². The number of hydrogen-bond donors (Lipinski definition) is 1. The summed E-state index contributed by atoms with van der Waals surface area (Å²) in [6.45, 7) is 9.35. The molecule has 1 rings (SSSR count). The Labute approximate surface area is 122 Å². The van der Waals surface area contributed by atoms with E-state index in [1.165, 1.54) is 23.1 Å². The summed E-state index contributed by atoms with van der Waals surface area (Å²) >= 11 is 2.95. The molecular weight excluding hydrogens is 278 g/mol. The van der Waals surface area contributed by atoms with Gasteiger partial charge in [0.25, 0.3) is 0 Å². The second kappa shape index (κ2) is 6.40. The van der Waals surface area contributed by atoms with Gasteiger partial charge in [-0.3, -0.25) is 4.79 Å². The zero-order valence-corrected chi connectivity index (χ0v) is 13.5. The number of rotatable bonds is 5. The third kappa shape index (κ3) is 4.22. The summed E-state index contributed by atoms with van der Waals surface area (Å²) in [4.78, 5) is 16.4. The topological polar surface area (TPSA) is 65.8 Å². The second-order valence-electron chi connectivity index (χ2n) is 4.97. The average Bonchev–Trinajstić information content (AvgIpc) is 2.74. The summed E-state index contributed by atoms with van der Waals surface area (Å²) in [5, 5.41) is 13.7. The number of nitrogens with zero attached hydrogens (tertiary/aromatic N) is 2. The molecule has 0 aliphatic rings. The van der Waals surface area contributed by atoms with Crippen LogP contribution in [0, 0.1) is 24.2 Å². The molecule has 1 N–H and O–H groups in total. The molecule has 0 spiro atoms. The molecule has 0 aliphatic heterocycles. The minimum atomic E-state index is -0.829. The Morgan fingerprint density at radius 1 is 1.58 bits per heavy atom. The van der Waals surface area contributed by atoms with Gasteiger partial charge >= 0.3 is 0 Å². The lowest BCUT2D eigenvalue weighted by Gasteiger charge is -2.28. The molecule has 0 saturated carbocycles. The van der Waals surface area contributed by atoms with Crippen LogP contribution in [0.3, 0.4) is 0 Å². The molecule has 2 atom stereocenters. The molecule has 0 saturated heterocycles. The van der Waals surface area contributed by atoms with Crippen LogP contribution in [0.2, 0.25) is 0 Å². The number of aromatic nitrogens is 1. The Morgan fingerprint density at radius 3 is 2.63 bits per heavy atom. The molecule has 1 amide bonds. The maximum absolute atomic E-state index is 12.1. The van der Waals surface area contributed by atoms with E-state index in [2.05, 4.69) is 16.4 Å². The summed E-state index contributed by atoms with van der Waals surface area (Å²) in [5.74, 6) is -0.0728. The zero-order valence-electron chi connectivity index (χ0n) is 11.9. The lowest BCUT2D eigenvalue weighted by Crippen LogP contribution is -2.51. The number of carbonyl (C=O) groups excluding carboxylic acids is 1. The van der Waals surface area contributed by atoms with Gasteiger partial charge in [-0.2, -0.15) is 5.26 Å². The average molecular weight is 297 g/mol. The van der Waals surface area contributed by atoms with Gasteiger partial charge in [0.1, 0.15) is 5.54 Å². The highest BCUT2D eigenvalue weighted by Crippen LogP contribution is 2.27. The van der Waals surface area contributed by atoms with Crippen LogP contribution in [0.4, 0.5) is 0 Å². The first-order chi connectivity index (χ1) is 8.78. The molecule has 19 heavy (non-hydrogen) atoms. The van der Waals surface area contributed by atoms with E-state index in [1.807, 2.05) is 33.1 Å². The standard InChI is InChI=1S/C13H19N3OS2/c1-8(2)13(5,7-14)16-11(17)10(4)19-12-15-9(3)6-18-12/h6,8,10H,1-5H3,(H,16,17)/t10-,13+/m1/s1. The van der Waals surface area contributed by atoms with Crippen molar-refractivity contribution in [3.05, 3.63) is 11.1 Å². The van der Waals surface area contributed by atoms with Gasteiger partial charge in [0.15, 0.2) is 4.34 Å². The minimum absolute atomic E-state index is 0.0563. The molecule has 1 aromatic rings. The molecule has 1 heterocycles. The number of nitriles is 1. The summed E-state index contributed by atoms with van der Waals surface area (Å²) < 4.78 is 0.878. The Hall–Kier alpha value is -1.06. The minimum Gasteiger partial charge on any atom is -0.337 e. The van der Waals surface area contributed by atoms with Gasteiger partial charge in [0, 0.05) is 11.1 Å². The maximum Gasteiger partial charge on any atom is 0.234 e. The fourth-order valence-electron chi connectivity index (χ4n) is 1.25. The van der Waals surface area contributed by atoms with Crippen molar-refractivity contribution in [1.29, 1.82) is 5.26 Å². The van der Waals surface area contributed by atoms with E-state index in [-0.39, 0.29) is 17.1 Å². The van der Waals surface area contributed by atoms with Gasteiger partial charge < -0.3 is 5.32 Å². The van der Waals surface area contributed by atoms with Gasteiger partial charge in [-0.15, -0.1) is 11.3 Å². The predicted octanol–water partition coefficient (Wildman–Crippen LogP) is 2.99. The first-order valence-electron chi connectivity index (χ1n) is 6.10. The van der Waals surface area contributed by atoms with Gasteiger partial charge in [0.05, 0.1) is 11.3 Å². The summed E-state index contributed by atoms with van der Waals surface area (Å²) in [6.07, 6.45) is 0. The Bertz CT molecular complexity index is 492. The monoisotopic (exact) mass is 297 g/mol. The SMILES string of the molecule is Cc1csc(S[C@H](C)C(=O)N[C@@](C)(C#N)C(C)C)n1. The van der Waals surface area contributed by atoms with Gasteiger partial charge in [-0.05, 0) is 26.7 Å². The summed E-state index contributed by atoms with van der Waals surface area (Å²) in [5.41, 5.74) is 0.134. The van der Waals surface area contributed by atoms with Crippen molar-refractivity contribution < 1.29 is 4.79 Å².